The molecule has 0 spiro atoms. The lowest BCUT2D eigenvalue weighted by Crippen LogP contribution is -2.39. The first-order valence-corrected chi connectivity index (χ1v) is 7.55. The maximum Gasteiger partial charge on any atom is 0.0675 e. The quantitative estimate of drug-likeness (QED) is 0.760. The van der Waals surface area contributed by atoms with Gasteiger partial charge in [0, 0.05) is 12.6 Å². The van der Waals surface area contributed by atoms with Crippen LogP contribution < -0.4 is 5.32 Å². The normalized spacial score (nSPS) is 32.2. The molecule has 4 atom stereocenters. The van der Waals surface area contributed by atoms with Crippen LogP contribution in [0.2, 0.25) is 0 Å². The van der Waals surface area contributed by atoms with Crippen molar-refractivity contribution in [3.8, 4) is 0 Å². The molecule has 1 aliphatic rings. The molecule has 1 aliphatic heterocycles. The highest BCUT2D eigenvalue weighted by Crippen LogP contribution is 2.22. The van der Waals surface area contributed by atoms with Crippen molar-refractivity contribution >= 4 is 0 Å². The average Bonchev–Trinajstić information content (AvgIpc) is 2.25. The smallest absolute Gasteiger partial charge is 0.0675 e. The minimum atomic E-state index is 0.284. The van der Waals surface area contributed by atoms with Gasteiger partial charge in [-0.25, -0.2) is 0 Å². The molecule has 0 amide bonds. The standard InChI is InChI=1S/C15H31NO2/c1-6-7-11(2)16-10-14(5)18-15-8-12(3)17-13(4)9-15/h11-16H,6-10H2,1-5H3. The SMILES string of the molecule is CCCC(C)NCC(C)OC1CC(C)OC(C)C1. The van der Waals surface area contributed by atoms with E-state index in [0.717, 1.165) is 19.4 Å². The van der Waals surface area contributed by atoms with E-state index in [-0.39, 0.29) is 6.10 Å². The molecule has 0 radical (unpaired) electrons. The molecule has 0 saturated carbocycles. The Morgan fingerprint density at radius 1 is 1.22 bits per heavy atom. The van der Waals surface area contributed by atoms with E-state index >= 15 is 0 Å². The zero-order chi connectivity index (χ0) is 13.5. The van der Waals surface area contributed by atoms with Gasteiger partial charge >= 0.3 is 0 Å². The number of nitrogens with one attached hydrogen (secondary N) is 1. The fraction of sp³-hybridized carbons (Fsp3) is 1.00. The lowest BCUT2D eigenvalue weighted by atomic mass is 10.0. The second-order valence-corrected chi connectivity index (χ2v) is 5.90. The summed E-state index contributed by atoms with van der Waals surface area (Å²) in [5, 5.41) is 3.54. The van der Waals surface area contributed by atoms with Crippen molar-refractivity contribution in [1.29, 1.82) is 0 Å². The lowest BCUT2D eigenvalue weighted by molar-refractivity contribution is -0.117. The van der Waals surface area contributed by atoms with E-state index in [9.17, 15) is 0 Å². The monoisotopic (exact) mass is 257 g/mol. The average molecular weight is 257 g/mol. The zero-order valence-electron chi connectivity index (χ0n) is 12.7. The second kappa shape index (κ2) is 8.13. The van der Waals surface area contributed by atoms with E-state index < -0.39 is 0 Å². The van der Waals surface area contributed by atoms with Gasteiger partial charge in [-0.15, -0.1) is 0 Å². The Hall–Kier alpha value is -0.120. The van der Waals surface area contributed by atoms with Crippen LogP contribution in [0.4, 0.5) is 0 Å². The number of hydrogen-bond acceptors (Lipinski definition) is 3. The number of hydrogen-bond donors (Lipinski definition) is 1. The Kier molecular flexibility index (Phi) is 7.20. The molecule has 3 nitrogen and oxygen atoms in total. The predicted molar refractivity (Wildman–Crippen MR) is 76.0 cm³/mol. The van der Waals surface area contributed by atoms with Gasteiger partial charge in [-0.05, 0) is 47.0 Å². The van der Waals surface area contributed by atoms with Crippen LogP contribution in [-0.4, -0.2) is 37.0 Å². The number of rotatable bonds is 7. The third-order valence-electron chi connectivity index (χ3n) is 3.55. The fourth-order valence-electron chi connectivity index (χ4n) is 2.73. The van der Waals surface area contributed by atoms with Crippen LogP contribution in [-0.2, 0) is 9.47 Å². The summed E-state index contributed by atoms with van der Waals surface area (Å²) in [5.41, 5.74) is 0. The number of ether oxygens (including phenoxy) is 2. The molecule has 0 aromatic rings. The van der Waals surface area contributed by atoms with Crippen LogP contribution in [0.15, 0.2) is 0 Å². The highest BCUT2D eigenvalue weighted by atomic mass is 16.5. The molecule has 1 N–H and O–H groups in total. The molecular weight excluding hydrogens is 226 g/mol. The summed E-state index contributed by atoms with van der Waals surface area (Å²) in [5.74, 6) is 0. The highest BCUT2D eigenvalue weighted by molar-refractivity contribution is 4.75. The van der Waals surface area contributed by atoms with E-state index in [1.807, 2.05) is 0 Å². The Morgan fingerprint density at radius 2 is 1.83 bits per heavy atom. The Balaban J connectivity index is 2.20. The van der Waals surface area contributed by atoms with Crippen LogP contribution in [0.5, 0.6) is 0 Å². The summed E-state index contributed by atoms with van der Waals surface area (Å²) in [6.07, 6.45) is 5.83. The largest absolute Gasteiger partial charge is 0.375 e. The van der Waals surface area contributed by atoms with Gasteiger partial charge in [-0.3, -0.25) is 0 Å². The first-order chi connectivity index (χ1) is 8.51. The van der Waals surface area contributed by atoms with Gasteiger partial charge in [0.2, 0.25) is 0 Å². The van der Waals surface area contributed by atoms with E-state index in [1.165, 1.54) is 12.8 Å². The molecule has 0 bridgehead atoms. The summed E-state index contributed by atoms with van der Waals surface area (Å²) in [7, 11) is 0. The first kappa shape index (κ1) is 15.9. The Bertz CT molecular complexity index is 213. The van der Waals surface area contributed by atoms with Crippen LogP contribution in [0.1, 0.15) is 60.3 Å². The minimum Gasteiger partial charge on any atom is -0.375 e. The molecule has 108 valence electrons. The highest BCUT2D eigenvalue weighted by Gasteiger charge is 2.26. The van der Waals surface area contributed by atoms with E-state index in [2.05, 4.69) is 39.9 Å². The fourth-order valence-corrected chi connectivity index (χ4v) is 2.73. The predicted octanol–water partition coefficient (Wildman–Crippen LogP) is 3.13. The molecule has 4 unspecified atom stereocenters. The molecule has 1 fully saturated rings. The van der Waals surface area contributed by atoms with Gasteiger partial charge < -0.3 is 14.8 Å². The molecule has 1 rings (SSSR count). The van der Waals surface area contributed by atoms with Gasteiger partial charge in [0.1, 0.15) is 0 Å². The van der Waals surface area contributed by atoms with Crippen LogP contribution in [0.25, 0.3) is 0 Å². The maximum absolute atomic E-state index is 6.12. The third kappa shape index (κ3) is 6.17. The van der Waals surface area contributed by atoms with Crippen molar-refractivity contribution in [3.05, 3.63) is 0 Å². The third-order valence-corrected chi connectivity index (χ3v) is 3.55. The van der Waals surface area contributed by atoms with Gasteiger partial charge in [-0.2, -0.15) is 0 Å². The summed E-state index contributed by atoms with van der Waals surface area (Å²) in [6.45, 7) is 11.9. The molecule has 0 aromatic heterocycles. The summed E-state index contributed by atoms with van der Waals surface area (Å²) in [4.78, 5) is 0. The summed E-state index contributed by atoms with van der Waals surface area (Å²) >= 11 is 0. The molecule has 1 saturated heterocycles. The van der Waals surface area contributed by atoms with E-state index in [1.54, 1.807) is 0 Å². The van der Waals surface area contributed by atoms with Gasteiger partial charge in [0.15, 0.2) is 0 Å². The van der Waals surface area contributed by atoms with Gasteiger partial charge in [0.25, 0.3) is 0 Å². The van der Waals surface area contributed by atoms with E-state index in [4.69, 9.17) is 9.47 Å². The van der Waals surface area contributed by atoms with E-state index in [0.29, 0.717) is 24.4 Å². The minimum absolute atomic E-state index is 0.284. The molecule has 1 heterocycles. The Morgan fingerprint density at radius 3 is 2.39 bits per heavy atom. The maximum atomic E-state index is 6.12. The van der Waals surface area contributed by atoms with Crippen LogP contribution >= 0.6 is 0 Å². The second-order valence-electron chi connectivity index (χ2n) is 5.90. The van der Waals surface area contributed by atoms with Crippen LogP contribution in [0, 0.1) is 0 Å². The van der Waals surface area contributed by atoms with Gasteiger partial charge in [-0.1, -0.05) is 13.3 Å². The van der Waals surface area contributed by atoms with Crippen molar-refractivity contribution in [2.24, 2.45) is 0 Å². The van der Waals surface area contributed by atoms with Crippen molar-refractivity contribution in [3.63, 3.8) is 0 Å². The summed E-state index contributed by atoms with van der Waals surface area (Å²) in [6, 6.07) is 0.591. The molecular formula is C15H31NO2. The molecule has 0 aliphatic carbocycles. The molecule has 3 heteroatoms. The first-order valence-electron chi connectivity index (χ1n) is 7.55. The van der Waals surface area contributed by atoms with Gasteiger partial charge in [0.05, 0.1) is 24.4 Å². The van der Waals surface area contributed by atoms with Crippen LogP contribution in [0.3, 0.4) is 0 Å². The van der Waals surface area contributed by atoms with Crippen molar-refractivity contribution < 1.29 is 9.47 Å². The molecule has 0 aromatic carbocycles. The summed E-state index contributed by atoms with van der Waals surface area (Å²) < 4.78 is 11.9. The molecule has 18 heavy (non-hydrogen) atoms. The Labute approximate surface area is 113 Å². The van der Waals surface area contributed by atoms with Crippen molar-refractivity contribution in [2.75, 3.05) is 6.54 Å². The zero-order valence-corrected chi connectivity index (χ0v) is 12.7. The topological polar surface area (TPSA) is 30.5 Å². The van der Waals surface area contributed by atoms with Crippen molar-refractivity contribution in [1.82, 2.24) is 5.32 Å². The lowest BCUT2D eigenvalue weighted by Gasteiger charge is -2.33. The van der Waals surface area contributed by atoms with Crippen molar-refractivity contribution in [2.45, 2.75) is 90.8 Å².